The van der Waals surface area contributed by atoms with Gasteiger partial charge in [0.15, 0.2) is 11.7 Å². The van der Waals surface area contributed by atoms with Gasteiger partial charge in [0.2, 0.25) is 11.8 Å². The minimum Gasteiger partial charge on any atom is -0.492 e. The number of fused-ring (bicyclic) bond motifs is 1. The van der Waals surface area contributed by atoms with Crippen molar-refractivity contribution in [2.45, 2.75) is 32.6 Å². The molecule has 0 fully saturated rings. The Bertz CT molecular complexity index is 1070. The molecule has 1 aliphatic rings. The summed E-state index contributed by atoms with van der Waals surface area (Å²) in [6, 6.07) is 13.6. The third-order valence-corrected chi connectivity index (χ3v) is 5.12. The predicted octanol–water partition coefficient (Wildman–Crippen LogP) is 3.66. The number of nitrogens with one attached hydrogen (secondary N) is 2. The third-order valence-electron chi connectivity index (χ3n) is 5.12. The van der Waals surface area contributed by atoms with Crippen molar-refractivity contribution in [1.29, 1.82) is 0 Å². The van der Waals surface area contributed by atoms with Crippen LogP contribution in [0.15, 0.2) is 53.1 Å². The molecule has 7 nitrogen and oxygen atoms in total. The van der Waals surface area contributed by atoms with Crippen LogP contribution in [0.4, 0.5) is 5.69 Å². The van der Waals surface area contributed by atoms with Crippen LogP contribution < -0.4 is 15.4 Å². The fourth-order valence-electron chi connectivity index (χ4n) is 3.39. The highest BCUT2D eigenvalue weighted by molar-refractivity contribution is 5.94. The van der Waals surface area contributed by atoms with Gasteiger partial charge in [-0.1, -0.05) is 29.8 Å². The van der Waals surface area contributed by atoms with Crippen molar-refractivity contribution in [2.75, 3.05) is 18.5 Å². The van der Waals surface area contributed by atoms with E-state index in [0.717, 1.165) is 22.6 Å². The first-order valence-corrected chi connectivity index (χ1v) is 10.4. The summed E-state index contributed by atoms with van der Waals surface area (Å²) < 4.78 is 11.5. The second-order valence-corrected chi connectivity index (χ2v) is 7.55. The molecule has 31 heavy (non-hydrogen) atoms. The smallest absolute Gasteiger partial charge is 0.224 e. The molecule has 2 aromatic carbocycles. The van der Waals surface area contributed by atoms with Gasteiger partial charge in [0.05, 0.1) is 12.7 Å². The van der Waals surface area contributed by atoms with Crippen molar-refractivity contribution in [3.63, 3.8) is 0 Å². The van der Waals surface area contributed by atoms with Crippen LogP contribution in [-0.2, 0) is 22.4 Å². The Labute approximate surface area is 180 Å². The van der Waals surface area contributed by atoms with Gasteiger partial charge in [0, 0.05) is 30.5 Å². The maximum Gasteiger partial charge on any atom is 0.224 e. The Hall–Kier alpha value is -3.61. The standard InChI is InChI=1S/C24H25N3O4/c1-16-2-4-17(5-3-16)21-15-26-24(31-21)11-10-22(28)25-12-13-30-19-7-8-20-18(14-19)6-9-23(29)27-20/h2-5,7-8,14-15H,6,9-13H2,1H3,(H,25,28)(H,27,29). The van der Waals surface area contributed by atoms with Crippen molar-refractivity contribution in [2.24, 2.45) is 0 Å². The normalized spacial score (nSPS) is 12.7. The Kier molecular flexibility index (Phi) is 6.31. The second-order valence-electron chi connectivity index (χ2n) is 7.55. The Morgan fingerprint density at radius 2 is 2.03 bits per heavy atom. The number of carbonyl (C=O) groups excluding carboxylic acids is 2. The molecular weight excluding hydrogens is 394 g/mol. The number of aromatic nitrogens is 1. The van der Waals surface area contributed by atoms with E-state index >= 15 is 0 Å². The molecule has 3 aromatic rings. The lowest BCUT2D eigenvalue weighted by atomic mass is 10.0. The van der Waals surface area contributed by atoms with E-state index in [-0.39, 0.29) is 11.8 Å². The van der Waals surface area contributed by atoms with Crippen LogP contribution in [0.1, 0.15) is 29.9 Å². The Balaban J connectivity index is 1.17. The van der Waals surface area contributed by atoms with Crippen molar-refractivity contribution in [1.82, 2.24) is 10.3 Å². The topological polar surface area (TPSA) is 93.5 Å². The van der Waals surface area contributed by atoms with Crippen LogP contribution in [0.5, 0.6) is 5.75 Å². The summed E-state index contributed by atoms with van der Waals surface area (Å²) in [4.78, 5) is 27.8. The summed E-state index contributed by atoms with van der Waals surface area (Å²) in [5.41, 5.74) is 4.06. The van der Waals surface area contributed by atoms with Crippen molar-refractivity contribution < 1.29 is 18.7 Å². The van der Waals surface area contributed by atoms with E-state index in [1.54, 1.807) is 6.20 Å². The van der Waals surface area contributed by atoms with E-state index in [1.165, 1.54) is 5.56 Å². The average Bonchev–Trinajstić information content (AvgIpc) is 3.25. The molecule has 2 amide bonds. The molecule has 2 N–H and O–H groups in total. The SMILES string of the molecule is Cc1ccc(-c2cnc(CCC(=O)NCCOc3ccc4c(c3)CCC(=O)N4)o2)cc1. The number of benzene rings is 2. The van der Waals surface area contributed by atoms with Gasteiger partial charge >= 0.3 is 0 Å². The maximum atomic E-state index is 12.1. The third kappa shape index (κ3) is 5.51. The van der Waals surface area contributed by atoms with Crippen LogP contribution in [0.2, 0.25) is 0 Å². The maximum absolute atomic E-state index is 12.1. The number of aryl methyl sites for hydroxylation is 3. The first kappa shape index (κ1) is 20.7. The summed E-state index contributed by atoms with van der Waals surface area (Å²) in [6.45, 7) is 2.81. The average molecular weight is 419 g/mol. The summed E-state index contributed by atoms with van der Waals surface area (Å²) in [5, 5.41) is 5.69. The highest BCUT2D eigenvalue weighted by atomic mass is 16.5. The number of anilines is 1. The molecule has 4 rings (SSSR count). The van der Waals surface area contributed by atoms with Gasteiger partial charge in [-0.2, -0.15) is 0 Å². The quantitative estimate of drug-likeness (QED) is 0.544. The van der Waals surface area contributed by atoms with Gasteiger partial charge < -0.3 is 19.8 Å². The van der Waals surface area contributed by atoms with Crippen molar-refractivity contribution in [3.8, 4) is 17.1 Å². The van der Waals surface area contributed by atoms with Gasteiger partial charge in [-0.05, 0) is 37.1 Å². The highest BCUT2D eigenvalue weighted by Gasteiger charge is 2.15. The number of nitrogens with zero attached hydrogens (tertiary/aromatic N) is 1. The molecule has 0 aliphatic carbocycles. The summed E-state index contributed by atoms with van der Waals surface area (Å²) in [6.07, 6.45) is 3.63. The summed E-state index contributed by atoms with van der Waals surface area (Å²) in [5.74, 6) is 1.94. The summed E-state index contributed by atoms with van der Waals surface area (Å²) >= 11 is 0. The zero-order valence-corrected chi connectivity index (χ0v) is 17.4. The fraction of sp³-hybridized carbons (Fsp3) is 0.292. The lowest BCUT2D eigenvalue weighted by molar-refractivity contribution is -0.121. The predicted molar refractivity (Wildman–Crippen MR) is 117 cm³/mol. The molecule has 1 aromatic heterocycles. The number of hydrogen-bond donors (Lipinski definition) is 2. The van der Waals surface area contributed by atoms with E-state index in [1.807, 2.05) is 49.4 Å². The lowest BCUT2D eigenvalue weighted by Gasteiger charge is -2.17. The largest absolute Gasteiger partial charge is 0.492 e. The van der Waals surface area contributed by atoms with Crippen LogP contribution in [0, 0.1) is 6.92 Å². The monoisotopic (exact) mass is 419 g/mol. The van der Waals surface area contributed by atoms with E-state index < -0.39 is 0 Å². The van der Waals surface area contributed by atoms with Crippen LogP contribution in [-0.4, -0.2) is 29.9 Å². The first-order chi connectivity index (χ1) is 15.1. The molecule has 0 bridgehead atoms. The molecule has 0 saturated heterocycles. The van der Waals surface area contributed by atoms with Gasteiger partial charge in [0.25, 0.3) is 0 Å². The van der Waals surface area contributed by atoms with Crippen molar-refractivity contribution in [3.05, 3.63) is 65.7 Å². The van der Waals surface area contributed by atoms with Gasteiger partial charge in [-0.25, -0.2) is 4.98 Å². The number of hydrogen-bond acceptors (Lipinski definition) is 5. The molecular formula is C24H25N3O4. The van der Waals surface area contributed by atoms with E-state index in [2.05, 4.69) is 15.6 Å². The Morgan fingerprint density at radius 3 is 2.87 bits per heavy atom. The van der Waals surface area contributed by atoms with E-state index in [4.69, 9.17) is 9.15 Å². The molecule has 7 heteroatoms. The number of carbonyl (C=O) groups is 2. The number of oxazole rings is 1. The van der Waals surface area contributed by atoms with E-state index in [9.17, 15) is 9.59 Å². The zero-order chi connectivity index (χ0) is 21.6. The molecule has 160 valence electrons. The number of amides is 2. The minimum absolute atomic E-state index is 0.0417. The molecule has 0 saturated carbocycles. The highest BCUT2D eigenvalue weighted by Crippen LogP contribution is 2.26. The van der Waals surface area contributed by atoms with E-state index in [0.29, 0.717) is 50.5 Å². The molecule has 2 heterocycles. The molecule has 0 unspecified atom stereocenters. The van der Waals surface area contributed by atoms with Gasteiger partial charge in [-0.3, -0.25) is 9.59 Å². The molecule has 0 spiro atoms. The Morgan fingerprint density at radius 1 is 1.19 bits per heavy atom. The van der Waals surface area contributed by atoms with Crippen LogP contribution in [0.3, 0.4) is 0 Å². The lowest BCUT2D eigenvalue weighted by Crippen LogP contribution is -2.28. The second kappa shape index (κ2) is 9.47. The minimum atomic E-state index is -0.0770. The molecule has 1 aliphatic heterocycles. The van der Waals surface area contributed by atoms with Crippen LogP contribution in [0.25, 0.3) is 11.3 Å². The summed E-state index contributed by atoms with van der Waals surface area (Å²) in [7, 11) is 0. The van der Waals surface area contributed by atoms with Gasteiger partial charge in [-0.15, -0.1) is 0 Å². The number of rotatable bonds is 8. The van der Waals surface area contributed by atoms with Crippen molar-refractivity contribution >= 4 is 17.5 Å². The number of ether oxygens (including phenoxy) is 1. The fourth-order valence-corrected chi connectivity index (χ4v) is 3.39. The zero-order valence-electron chi connectivity index (χ0n) is 17.4. The van der Waals surface area contributed by atoms with Crippen LogP contribution >= 0.6 is 0 Å². The molecule has 0 atom stereocenters. The first-order valence-electron chi connectivity index (χ1n) is 10.4. The molecule has 0 radical (unpaired) electrons. The van der Waals surface area contributed by atoms with Gasteiger partial charge in [0.1, 0.15) is 12.4 Å².